The molecule has 0 saturated carbocycles. The largest absolute Gasteiger partial charge is 0.483 e. The Morgan fingerprint density at radius 2 is 1.73 bits per heavy atom. The van der Waals surface area contributed by atoms with Crippen LogP contribution in [-0.4, -0.2) is 34.9 Å². The van der Waals surface area contributed by atoms with E-state index < -0.39 is 11.6 Å². The van der Waals surface area contributed by atoms with E-state index in [1.807, 2.05) is 57.2 Å². The number of nitrogens with one attached hydrogen (secondary N) is 1. The molecule has 5 nitrogen and oxygen atoms in total. The highest BCUT2D eigenvalue weighted by molar-refractivity contribution is 9.10. The van der Waals surface area contributed by atoms with Gasteiger partial charge in [0.15, 0.2) is 6.61 Å². The first-order valence-electron chi connectivity index (χ1n) is 11.0. The standard InChI is InChI=1S/C26H34BrClN2O3/c1-17(24(32)29-26(5,6)7)30(15-18-10-8-9-11-21(18)28)23(31)16-33-22-13-12-19(14-20(22)27)25(2,3)4/h8-14,17H,15-16H2,1-7H3,(H,29,32). The summed E-state index contributed by atoms with van der Waals surface area (Å²) in [6.07, 6.45) is 0. The summed E-state index contributed by atoms with van der Waals surface area (Å²) in [6.45, 7) is 13.8. The molecule has 0 fully saturated rings. The predicted molar refractivity (Wildman–Crippen MR) is 138 cm³/mol. The number of carbonyl (C=O) groups excluding carboxylic acids is 2. The van der Waals surface area contributed by atoms with Gasteiger partial charge in [0.1, 0.15) is 11.8 Å². The number of nitrogens with zero attached hydrogens (tertiary/aromatic N) is 1. The van der Waals surface area contributed by atoms with Gasteiger partial charge in [0.05, 0.1) is 4.47 Å². The Morgan fingerprint density at radius 3 is 2.27 bits per heavy atom. The second kappa shape index (κ2) is 10.9. The maximum atomic E-state index is 13.2. The normalized spacial score (nSPS) is 12.8. The van der Waals surface area contributed by atoms with E-state index in [0.717, 1.165) is 15.6 Å². The summed E-state index contributed by atoms with van der Waals surface area (Å²) in [5.41, 5.74) is 1.50. The van der Waals surface area contributed by atoms with Crippen molar-refractivity contribution < 1.29 is 14.3 Å². The Hall–Kier alpha value is -2.05. The molecule has 1 unspecified atom stereocenters. The maximum Gasteiger partial charge on any atom is 0.261 e. The van der Waals surface area contributed by atoms with Gasteiger partial charge in [-0.3, -0.25) is 9.59 Å². The third-order valence-electron chi connectivity index (χ3n) is 5.11. The van der Waals surface area contributed by atoms with Crippen LogP contribution in [0.5, 0.6) is 5.75 Å². The fraction of sp³-hybridized carbons (Fsp3) is 0.462. The van der Waals surface area contributed by atoms with Gasteiger partial charge in [-0.1, -0.05) is 56.6 Å². The number of ether oxygens (including phenoxy) is 1. The zero-order valence-electron chi connectivity index (χ0n) is 20.5. The lowest BCUT2D eigenvalue weighted by molar-refractivity contribution is -0.142. The minimum atomic E-state index is -0.705. The van der Waals surface area contributed by atoms with Gasteiger partial charge in [0.25, 0.3) is 5.91 Å². The molecule has 0 aliphatic carbocycles. The zero-order chi connectivity index (χ0) is 25.0. The fourth-order valence-corrected chi connectivity index (χ4v) is 3.86. The number of rotatable bonds is 7. The lowest BCUT2D eigenvalue weighted by atomic mass is 9.87. The number of amides is 2. The van der Waals surface area contributed by atoms with Gasteiger partial charge in [0.2, 0.25) is 5.91 Å². The molecule has 0 saturated heterocycles. The highest BCUT2D eigenvalue weighted by Gasteiger charge is 2.29. The second-order valence-corrected chi connectivity index (χ2v) is 11.5. The van der Waals surface area contributed by atoms with E-state index in [1.54, 1.807) is 13.0 Å². The molecule has 180 valence electrons. The van der Waals surface area contributed by atoms with Crippen LogP contribution in [0.4, 0.5) is 0 Å². The SMILES string of the molecule is CC(C(=O)NC(C)(C)C)N(Cc1ccccc1Cl)C(=O)COc1ccc(C(C)(C)C)cc1Br. The van der Waals surface area contributed by atoms with Crippen LogP contribution in [0.3, 0.4) is 0 Å². The van der Waals surface area contributed by atoms with Crippen LogP contribution < -0.4 is 10.1 Å². The maximum absolute atomic E-state index is 13.2. The van der Waals surface area contributed by atoms with Crippen molar-refractivity contribution in [3.05, 3.63) is 63.1 Å². The van der Waals surface area contributed by atoms with E-state index in [-0.39, 0.29) is 30.4 Å². The fourth-order valence-electron chi connectivity index (χ4n) is 3.17. The predicted octanol–water partition coefficient (Wildman–Crippen LogP) is 6.11. The van der Waals surface area contributed by atoms with E-state index in [9.17, 15) is 9.59 Å². The third kappa shape index (κ3) is 8.04. The van der Waals surface area contributed by atoms with Gasteiger partial charge in [-0.05, 0) is 78.4 Å². The summed E-state index contributed by atoms with van der Waals surface area (Å²) in [4.78, 5) is 27.6. The first-order valence-corrected chi connectivity index (χ1v) is 12.1. The zero-order valence-corrected chi connectivity index (χ0v) is 22.8. The minimum absolute atomic E-state index is 0.00152. The molecule has 0 bridgehead atoms. The van der Waals surface area contributed by atoms with Crippen LogP contribution in [0.1, 0.15) is 59.6 Å². The molecule has 0 aliphatic heterocycles. The van der Waals surface area contributed by atoms with Crippen LogP contribution in [0, 0.1) is 0 Å². The van der Waals surface area contributed by atoms with Gasteiger partial charge in [-0.25, -0.2) is 0 Å². The van der Waals surface area contributed by atoms with E-state index in [1.165, 1.54) is 4.90 Å². The first kappa shape index (κ1) is 27.2. The Labute approximate surface area is 211 Å². The Kier molecular flexibility index (Phi) is 9.00. The number of hydrogen-bond donors (Lipinski definition) is 1. The van der Waals surface area contributed by atoms with Crippen molar-refractivity contribution in [3.63, 3.8) is 0 Å². The van der Waals surface area contributed by atoms with E-state index in [4.69, 9.17) is 16.3 Å². The molecule has 2 aromatic carbocycles. The first-order chi connectivity index (χ1) is 15.2. The smallest absolute Gasteiger partial charge is 0.261 e. The number of carbonyl (C=O) groups is 2. The summed E-state index contributed by atoms with van der Waals surface area (Å²) in [7, 11) is 0. The summed E-state index contributed by atoms with van der Waals surface area (Å²) in [5, 5.41) is 3.49. The van der Waals surface area contributed by atoms with Gasteiger partial charge >= 0.3 is 0 Å². The van der Waals surface area contributed by atoms with Crippen LogP contribution in [0.15, 0.2) is 46.9 Å². The van der Waals surface area contributed by atoms with Gasteiger partial charge in [-0.15, -0.1) is 0 Å². The molecule has 0 aromatic heterocycles. The van der Waals surface area contributed by atoms with E-state index >= 15 is 0 Å². The third-order valence-corrected chi connectivity index (χ3v) is 6.10. The van der Waals surface area contributed by atoms with Crippen molar-refractivity contribution in [3.8, 4) is 5.75 Å². The minimum Gasteiger partial charge on any atom is -0.483 e. The highest BCUT2D eigenvalue weighted by Crippen LogP contribution is 2.31. The molecule has 2 rings (SSSR count). The van der Waals surface area contributed by atoms with Crippen molar-refractivity contribution in [2.75, 3.05) is 6.61 Å². The van der Waals surface area contributed by atoms with Crippen LogP contribution in [0.2, 0.25) is 5.02 Å². The molecule has 1 N–H and O–H groups in total. The van der Waals surface area contributed by atoms with E-state index in [0.29, 0.717) is 10.8 Å². The summed E-state index contributed by atoms with van der Waals surface area (Å²) in [6, 6.07) is 12.4. The van der Waals surface area contributed by atoms with Crippen molar-refractivity contribution in [2.45, 2.75) is 72.0 Å². The van der Waals surface area contributed by atoms with E-state index in [2.05, 4.69) is 42.0 Å². The van der Waals surface area contributed by atoms with Crippen molar-refractivity contribution in [2.24, 2.45) is 0 Å². The molecule has 33 heavy (non-hydrogen) atoms. The molecule has 0 radical (unpaired) electrons. The number of halogens is 2. The molecular weight excluding hydrogens is 504 g/mol. The quantitative estimate of drug-likeness (QED) is 0.463. The molecule has 2 amide bonds. The molecule has 0 spiro atoms. The van der Waals surface area contributed by atoms with Gasteiger partial charge in [-0.2, -0.15) is 0 Å². The van der Waals surface area contributed by atoms with Crippen molar-refractivity contribution in [1.29, 1.82) is 0 Å². The van der Waals surface area contributed by atoms with Crippen molar-refractivity contribution in [1.82, 2.24) is 10.2 Å². The molecule has 2 aromatic rings. The van der Waals surface area contributed by atoms with Gasteiger partial charge < -0.3 is 15.0 Å². The number of hydrogen-bond acceptors (Lipinski definition) is 3. The summed E-state index contributed by atoms with van der Waals surface area (Å²) >= 11 is 9.88. The molecule has 7 heteroatoms. The van der Waals surface area contributed by atoms with Crippen molar-refractivity contribution >= 4 is 39.3 Å². The summed E-state index contributed by atoms with van der Waals surface area (Å²) in [5.74, 6) is 0.0257. The summed E-state index contributed by atoms with van der Waals surface area (Å²) < 4.78 is 6.62. The van der Waals surface area contributed by atoms with Gasteiger partial charge in [0, 0.05) is 17.1 Å². The monoisotopic (exact) mass is 536 g/mol. The Balaban J connectivity index is 2.22. The Bertz CT molecular complexity index is 996. The molecule has 1 atom stereocenters. The topological polar surface area (TPSA) is 58.6 Å². The average Bonchev–Trinajstić information content (AvgIpc) is 2.69. The van der Waals surface area contributed by atoms with Crippen LogP contribution in [0.25, 0.3) is 0 Å². The van der Waals surface area contributed by atoms with Crippen LogP contribution in [-0.2, 0) is 21.5 Å². The molecule has 0 aliphatic rings. The lowest BCUT2D eigenvalue weighted by Gasteiger charge is -2.31. The lowest BCUT2D eigenvalue weighted by Crippen LogP contribution is -2.53. The molecule has 0 heterocycles. The number of benzene rings is 2. The highest BCUT2D eigenvalue weighted by atomic mass is 79.9. The van der Waals surface area contributed by atoms with Crippen LogP contribution >= 0.6 is 27.5 Å². The Morgan fingerprint density at radius 1 is 1.09 bits per heavy atom. The average molecular weight is 538 g/mol. The molecular formula is C26H34BrClN2O3. The second-order valence-electron chi connectivity index (χ2n) is 10.2.